The van der Waals surface area contributed by atoms with Crippen LogP contribution < -0.4 is 10.1 Å². The minimum Gasteiger partial charge on any atom is -0.488 e. The van der Waals surface area contributed by atoms with Crippen molar-refractivity contribution in [2.24, 2.45) is 0 Å². The van der Waals surface area contributed by atoms with Crippen LogP contribution in [-0.4, -0.2) is 41.0 Å². The number of nitrogens with one attached hydrogen (secondary N) is 2. The molecule has 1 aliphatic rings. The lowest BCUT2D eigenvalue weighted by Crippen LogP contribution is -2.25. The zero-order valence-electron chi connectivity index (χ0n) is 17.9. The van der Waals surface area contributed by atoms with E-state index >= 15 is 0 Å². The van der Waals surface area contributed by atoms with Crippen LogP contribution in [0.2, 0.25) is 0 Å². The molecule has 1 atom stereocenters. The number of carbonyl (C=O) groups is 2. The fourth-order valence-electron chi connectivity index (χ4n) is 3.82. The van der Waals surface area contributed by atoms with Crippen LogP contribution in [0.5, 0.6) is 5.75 Å². The molecule has 0 saturated carbocycles. The number of amides is 2. The SMILES string of the molecule is CN(C)C(=O)c1cc(C2CC(=O)Nc3n[nH]cc32)ccc1OCc1ccccc1C(F)(F)F. The van der Waals surface area contributed by atoms with Gasteiger partial charge in [0, 0.05) is 43.8 Å². The molecule has 3 aromatic rings. The zero-order valence-corrected chi connectivity index (χ0v) is 17.9. The summed E-state index contributed by atoms with van der Waals surface area (Å²) in [5, 5.41) is 9.44. The highest BCUT2D eigenvalue weighted by molar-refractivity contribution is 5.97. The molecule has 10 heteroatoms. The Hall–Kier alpha value is -3.82. The van der Waals surface area contributed by atoms with Gasteiger partial charge in [0.25, 0.3) is 5.91 Å². The van der Waals surface area contributed by atoms with Crippen LogP contribution in [0.1, 0.15) is 45.0 Å². The van der Waals surface area contributed by atoms with Gasteiger partial charge in [-0.05, 0) is 23.8 Å². The van der Waals surface area contributed by atoms with Crippen LogP contribution in [0, 0.1) is 0 Å². The summed E-state index contributed by atoms with van der Waals surface area (Å²) >= 11 is 0. The third kappa shape index (κ3) is 4.55. The summed E-state index contributed by atoms with van der Waals surface area (Å²) in [5.74, 6) is -0.322. The van der Waals surface area contributed by atoms with Crippen molar-refractivity contribution in [1.29, 1.82) is 0 Å². The number of nitrogens with zero attached hydrogens (tertiary/aromatic N) is 2. The van der Waals surface area contributed by atoms with E-state index in [-0.39, 0.29) is 47.6 Å². The number of rotatable bonds is 5. The van der Waals surface area contributed by atoms with Crippen LogP contribution >= 0.6 is 0 Å². The molecule has 1 unspecified atom stereocenters. The molecule has 0 fully saturated rings. The van der Waals surface area contributed by atoms with E-state index in [4.69, 9.17) is 4.74 Å². The Morgan fingerprint density at radius 3 is 2.70 bits per heavy atom. The van der Waals surface area contributed by atoms with Gasteiger partial charge < -0.3 is 15.0 Å². The number of halogens is 3. The summed E-state index contributed by atoms with van der Waals surface area (Å²) in [5.41, 5.74) is 0.844. The van der Waals surface area contributed by atoms with E-state index in [1.165, 1.54) is 23.1 Å². The van der Waals surface area contributed by atoms with Crippen LogP contribution in [0.25, 0.3) is 0 Å². The first-order chi connectivity index (χ1) is 15.6. The highest BCUT2D eigenvalue weighted by Crippen LogP contribution is 2.38. The molecule has 7 nitrogen and oxygen atoms in total. The Morgan fingerprint density at radius 2 is 1.97 bits per heavy atom. The van der Waals surface area contributed by atoms with Crippen molar-refractivity contribution < 1.29 is 27.5 Å². The number of fused-ring (bicyclic) bond motifs is 1. The van der Waals surface area contributed by atoms with E-state index in [0.717, 1.165) is 11.6 Å². The van der Waals surface area contributed by atoms with Crippen LogP contribution in [0.15, 0.2) is 48.7 Å². The van der Waals surface area contributed by atoms with E-state index in [1.54, 1.807) is 38.5 Å². The molecule has 2 heterocycles. The molecule has 1 aromatic heterocycles. The van der Waals surface area contributed by atoms with Crippen molar-refractivity contribution in [3.63, 3.8) is 0 Å². The van der Waals surface area contributed by atoms with Crippen molar-refractivity contribution in [2.45, 2.75) is 25.1 Å². The largest absolute Gasteiger partial charge is 0.488 e. The fourth-order valence-corrected chi connectivity index (χ4v) is 3.82. The van der Waals surface area contributed by atoms with E-state index in [1.807, 2.05) is 0 Å². The summed E-state index contributed by atoms with van der Waals surface area (Å²) in [6.07, 6.45) is -2.66. The van der Waals surface area contributed by atoms with Gasteiger partial charge in [0.05, 0.1) is 11.1 Å². The van der Waals surface area contributed by atoms with Gasteiger partial charge in [0.15, 0.2) is 5.82 Å². The number of benzene rings is 2. The first-order valence-electron chi connectivity index (χ1n) is 10.1. The maximum absolute atomic E-state index is 13.3. The minimum absolute atomic E-state index is 0.0377. The van der Waals surface area contributed by atoms with E-state index in [0.29, 0.717) is 11.4 Å². The highest BCUT2D eigenvalue weighted by Gasteiger charge is 2.33. The second-order valence-corrected chi connectivity index (χ2v) is 7.89. The van der Waals surface area contributed by atoms with Gasteiger partial charge in [-0.15, -0.1) is 0 Å². The van der Waals surface area contributed by atoms with Crippen molar-refractivity contribution in [3.05, 3.63) is 76.5 Å². The van der Waals surface area contributed by atoms with Crippen molar-refractivity contribution in [2.75, 3.05) is 19.4 Å². The number of aromatic nitrogens is 2. The minimum atomic E-state index is -4.52. The molecule has 0 radical (unpaired) electrons. The van der Waals surface area contributed by atoms with Crippen LogP contribution in [0.4, 0.5) is 19.0 Å². The molecule has 172 valence electrons. The molecule has 2 amide bonds. The Balaban J connectivity index is 1.68. The Bertz CT molecular complexity index is 1200. The second-order valence-electron chi connectivity index (χ2n) is 7.89. The van der Waals surface area contributed by atoms with Crippen molar-refractivity contribution in [1.82, 2.24) is 15.1 Å². The van der Waals surface area contributed by atoms with Gasteiger partial charge in [-0.25, -0.2) is 0 Å². The Morgan fingerprint density at radius 1 is 1.21 bits per heavy atom. The zero-order chi connectivity index (χ0) is 23.8. The Labute approximate surface area is 187 Å². The highest BCUT2D eigenvalue weighted by atomic mass is 19.4. The molecule has 33 heavy (non-hydrogen) atoms. The van der Waals surface area contributed by atoms with E-state index in [2.05, 4.69) is 15.5 Å². The van der Waals surface area contributed by atoms with Crippen molar-refractivity contribution in [3.8, 4) is 5.75 Å². The maximum atomic E-state index is 13.3. The molecule has 0 spiro atoms. The van der Waals surface area contributed by atoms with E-state index in [9.17, 15) is 22.8 Å². The van der Waals surface area contributed by atoms with Gasteiger partial charge in [-0.1, -0.05) is 24.3 Å². The van der Waals surface area contributed by atoms with E-state index < -0.39 is 11.7 Å². The summed E-state index contributed by atoms with van der Waals surface area (Å²) in [7, 11) is 3.14. The van der Waals surface area contributed by atoms with Gasteiger partial charge in [0.1, 0.15) is 12.4 Å². The summed E-state index contributed by atoms with van der Waals surface area (Å²) < 4.78 is 45.7. The number of H-pyrrole nitrogens is 1. The molecule has 4 rings (SSSR count). The van der Waals surface area contributed by atoms with Gasteiger partial charge in [-0.3, -0.25) is 14.7 Å². The molecule has 0 aliphatic carbocycles. The lowest BCUT2D eigenvalue weighted by Gasteiger charge is -2.23. The number of hydrogen-bond donors (Lipinski definition) is 2. The predicted octanol–water partition coefficient (Wildman–Crippen LogP) is 4.18. The van der Waals surface area contributed by atoms with Gasteiger partial charge in [0.2, 0.25) is 5.91 Å². The third-order valence-corrected chi connectivity index (χ3v) is 5.44. The molecule has 2 aromatic carbocycles. The number of anilines is 1. The third-order valence-electron chi connectivity index (χ3n) is 5.44. The van der Waals surface area contributed by atoms with Crippen molar-refractivity contribution >= 4 is 17.6 Å². The molecule has 1 aliphatic heterocycles. The topological polar surface area (TPSA) is 87.3 Å². The predicted molar refractivity (Wildman–Crippen MR) is 114 cm³/mol. The lowest BCUT2D eigenvalue weighted by molar-refractivity contribution is -0.138. The first kappa shape index (κ1) is 22.4. The average Bonchev–Trinajstić information content (AvgIpc) is 3.24. The smallest absolute Gasteiger partial charge is 0.416 e. The molecular weight excluding hydrogens is 437 g/mol. The Kier molecular flexibility index (Phi) is 5.84. The number of aromatic amines is 1. The molecular formula is C23H21F3N4O3. The molecule has 0 bridgehead atoms. The average molecular weight is 458 g/mol. The monoisotopic (exact) mass is 458 g/mol. The fraction of sp³-hybridized carbons (Fsp3) is 0.261. The summed E-state index contributed by atoms with van der Waals surface area (Å²) in [6, 6.07) is 10.0. The van der Waals surface area contributed by atoms with Crippen LogP contribution in [0.3, 0.4) is 0 Å². The second kappa shape index (κ2) is 8.61. The summed E-state index contributed by atoms with van der Waals surface area (Å²) in [6.45, 7) is -0.361. The van der Waals surface area contributed by atoms with Crippen LogP contribution in [-0.2, 0) is 17.6 Å². The molecule has 0 saturated heterocycles. The summed E-state index contributed by atoms with van der Waals surface area (Å²) in [4.78, 5) is 26.3. The van der Waals surface area contributed by atoms with Gasteiger partial charge >= 0.3 is 6.18 Å². The normalized spacial score (nSPS) is 15.5. The number of ether oxygens (including phenoxy) is 1. The molecule has 2 N–H and O–H groups in total. The maximum Gasteiger partial charge on any atom is 0.416 e. The quantitative estimate of drug-likeness (QED) is 0.601. The number of alkyl halides is 3. The standard InChI is InChI=1S/C23H21F3N4O3/c1-30(2)22(32)16-9-13(15-10-20(31)28-21-17(15)11-27-29-21)7-8-19(16)33-12-14-5-3-4-6-18(14)23(24,25)26/h3-9,11,15H,10,12H2,1-2H3,(H2,27,28,29,31). The van der Waals surface area contributed by atoms with Gasteiger partial charge in [-0.2, -0.15) is 18.3 Å². The first-order valence-corrected chi connectivity index (χ1v) is 10.1. The number of carbonyl (C=O) groups excluding carboxylic acids is 2. The number of hydrogen-bond acceptors (Lipinski definition) is 4. The lowest BCUT2D eigenvalue weighted by atomic mass is 9.86.